The highest BCUT2D eigenvalue weighted by atomic mass is 32.3. The maximum Gasteiger partial charge on any atom is 0.488 e. The fraction of sp³-hybridized carbons (Fsp3) is 0.579. The number of hydrogen-bond acceptors (Lipinski definition) is 5. The summed E-state index contributed by atoms with van der Waals surface area (Å²) >= 11 is 0. The largest absolute Gasteiger partial charge is 0.488 e. The molecule has 0 radical (unpaired) electrons. The van der Waals surface area contributed by atoms with Crippen molar-refractivity contribution < 1.29 is 16.5 Å². The maximum atomic E-state index is 13.3. The predicted molar refractivity (Wildman–Crippen MR) is 110 cm³/mol. The number of nitrogens with one attached hydrogen (secondary N) is 1. The minimum atomic E-state index is -5.11. The average Bonchev–Trinajstić information content (AvgIpc) is 2.54. The van der Waals surface area contributed by atoms with Gasteiger partial charge in [-0.3, -0.25) is 4.90 Å². The molecule has 1 fully saturated rings. The predicted octanol–water partition coefficient (Wildman–Crippen LogP) is 2.84. The van der Waals surface area contributed by atoms with Gasteiger partial charge in [0.15, 0.2) is 5.75 Å². The summed E-state index contributed by atoms with van der Waals surface area (Å²) in [4.78, 5) is 2.30. The van der Waals surface area contributed by atoms with E-state index in [4.69, 9.17) is 4.18 Å². The summed E-state index contributed by atoms with van der Waals surface area (Å²) in [5.41, 5.74) is 7.27. The summed E-state index contributed by atoms with van der Waals surface area (Å²) < 4.78 is 40.4. The lowest BCUT2D eigenvalue weighted by Crippen LogP contribution is -2.43. The van der Waals surface area contributed by atoms with Gasteiger partial charge in [-0.2, -0.15) is 8.42 Å². The van der Waals surface area contributed by atoms with Crippen LogP contribution < -0.4 is 9.50 Å². The van der Waals surface area contributed by atoms with Gasteiger partial charge < -0.3 is 9.50 Å². The molecule has 0 aliphatic carbocycles. The Morgan fingerprint density at radius 3 is 2.22 bits per heavy atom. The molecule has 150 valence electrons. The molecule has 0 spiro atoms. The van der Waals surface area contributed by atoms with Crippen LogP contribution in [-0.2, 0) is 17.0 Å². The second-order valence-corrected chi connectivity index (χ2v) is 13.8. The molecule has 1 aliphatic rings. The Morgan fingerprint density at radius 2 is 1.70 bits per heavy atom. The van der Waals surface area contributed by atoms with Crippen LogP contribution in [-0.4, -0.2) is 47.6 Å². The third-order valence-corrected chi connectivity index (χ3v) is 5.91. The van der Waals surface area contributed by atoms with E-state index in [0.717, 1.165) is 42.9 Å². The van der Waals surface area contributed by atoms with Crippen molar-refractivity contribution in [3.05, 3.63) is 27.8 Å². The first-order chi connectivity index (χ1) is 12.4. The minimum Gasteiger partial charge on any atom is -0.358 e. The highest BCUT2D eigenvalue weighted by molar-refractivity contribution is 7.81. The molecule has 1 heterocycles. The van der Waals surface area contributed by atoms with E-state index in [9.17, 15) is 12.3 Å². The molecule has 0 bridgehead atoms. The molecule has 0 saturated carbocycles. The van der Waals surface area contributed by atoms with Gasteiger partial charge in [0, 0.05) is 43.9 Å². The van der Waals surface area contributed by atoms with E-state index < -0.39 is 18.6 Å². The third-order valence-electron chi connectivity index (χ3n) is 4.67. The molecule has 8 heteroatoms. The second kappa shape index (κ2) is 8.31. The summed E-state index contributed by atoms with van der Waals surface area (Å²) in [6.07, 6.45) is 0. The van der Waals surface area contributed by atoms with Crippen LogP contribution in [0.5, 0.6) is 5.75 Å². The van der Waals surface area contributed by atoms with Crippen molar-refractivity contribution in [1.82, 2.24) is 10.2 Å². The number of piperazine rings is 1. The number of halogens is 1. The van der Waals surface area contributed by atoms with Gasteiger partial charge in [0.1, 0.15) is 8.07 Å². The minimum absolute atomic E-state index is 0.0631. The molecule has 1 aromatic carbocycles. The van der Waals surface area contributed by atoms with Crippen LogP contribution >= 0.6 is 0 Å². The van der Waals surface area contributed by atoms with Gasteiger partial charge in [0.2, 0.25) is 0 Å². The quantitative estimate of drug-likeness (QED) is 0.468. The van der Waals surface area contributed by atoms with Gasteiger partial charge in [0.05, 0.1) is 0 Å². The molecule has 1 aromatic rings. The monoisotopic (exact) mass is 412 g/mol. The zero-order valence-electron chi connectivity index (χ0n) is 17.0. The Labute approximate surface area is 163 Å². The van der Waals surface area contributed by atoms with Crippen molar-refractivity contribution in [3.8, 4) is 17.2 Å². The van der Waals surface area contributed by atoms with Crippen LogP contribution in [0.15, 0.2) is 0 Å². The van der Waals surface area contributed by atoms with E-state index in [1.807, 2.05) is 6.92 Å². The SMILES string of the molecule is Cc1c(C#C[Si](C)(C)C)c(C)c(OS(=O)(=O)F)c(C)c1CN1CCNCC1. The van der Waals surface area contributed by atoms with Gasteiger partial charge in [-0.05, 0) is 37.5 Å². The maximum absolute atomic E-state index is 13.3. The van der Waals surface area contributed by atoms with E-state index >= 15 is 0 Å². The van der Waals surface area contributed by atoms with Crippen molar-refractivity contribution in [3.63, 3.8) is 0 Å². The lowest BCUT2D eigenvalue weighted by molar-refractivity contribution is 0.232. The van der Waals surface area contributed by atoms with E-state index in [0.29, 0.717) is 17.7 Å². The smallest absolute Gasteiger partial charge is 0.358 e. The third kappa shape index (κ3) is 6.04. The molecule has 5 nitrogen and oxygen atoms in total. The van der Waals surface area contributed by atoms with Crippen molar-refractivity contribution in [2.45, 2.75) is 47.0 Å². The fourth-order valence-corrected chi connectivity index (χ4v) is 4.19. The molecule has 0 amide bonds. The van der Waals surface area contributed by atoms with Crippen LogP contribution in [0.2, 0.25) is 19.6 Å². The Kier molecular flexibility index (Phi) is 6.74. The van der Waals surface area contributed by atoms with Crippen molar-refractivity contribution in [2.75, 3.05) is 26.2 Å². The zero-order chi connectivity index (χ0) is 20.4. The Bertz CT molecular complexity index is 877. The molecule has 1 saturated heterocycles. The summed E-state index contributed by atoms with van der Waals surface area (Å²) in [6.45, 7) is 16.2. The molecule has 27 heavy (non-hydrogen) atoms. The number of rotatable bonds is 4. The summed E-state index contributed by atoms with van der Waals surface area (Å²) in [5.74, 6) is 3.30. The highest BCUT2D eigenvalue weighted by Crippen LogP contribution is 2.34. The van der Waals surface area contributed by atoms with Crippen LogP contribution in [0, 0.1) is 32.2 Å². The van der Waals surface area contributed by atoms with Crippen LogP contribution in [0.1, 0.15) is 27.8 Å². The molecular formula is C19H29FN2O3SSi. The number of nitrogens with zero attached hydrogens (tertiary/aromatic N) is 1. The van der Waals surface area contributed by atoms with Gasteiger partial charge in [-0.1, -0.05) is 29.4 Å². The molecule has 2 rings (SSSR count). The average molecular weight is 413 g/mol. The van der Waals surface area contributed by atoms with E-state index in [2.05, 4.69) is 41.3 Å². The topological polar surface area (TPSA) is 58.6 Å². The summed E-state index contributed by atoms with van der Waals surface area (Å²) in [6, 6.07) is 0. The first-order valence-corrected chi connectivity index (χ1v) is 13.9. The first-order valence-electron chi connectivity index (χ1n) is 9.12. The Hall–Kier alpha value is -1.40. The number of hydrogen-bond donors (Lipinski definition) is 1. The van der Waals surface area contributed by atoms with Crippen LogP contribution in [0.4, 0.5) is 3.89 Å². The zero-order valence-corrected chi connectivity index (χ0v) is 18.8. The molecule has 0 aromatic heterocycles. The summed E-state index contributed by atoms with van der Waals surface area (Å²) in [7, 11) is -6.74. The number of benzene rings is 1. The molecule has 1 N–H and O–H groups in total. The van der Waals surface area contributed by atoms with Crippen LogP contribution in [0.25, 0.3) is 0 Å². The Morgan fingerprint density at radius 1 is 1.11 bits per heavy atom. The molecule has 0 unspecified atom stereocenters. The van der Waals surface area contributed by atoms with Crippen molar-refractivity contribution in [1.29, 1.82) is 0 Å². The van der Waals surface area contributed by atoms with Crippen LogP contribution in [0.3, 0.4) is 0 Å². The normalized spacial score (nSPS) is 16.0. The van der Waals surface area contributed by atoms with Gasteiger partial charge >= 0.3 is 10.5 Å². The van der Waals surface area contributed by atoms with Crippen molar-refractivity contribution in [2.24, 2.45) is 0 Å². The molecular weight excluding hydrogens is 383 g/mol. The molecule has 0 atom stereocenters. The highest BCUT2D eigenvalue weighted by Gasteiger charge is 2.23. The van der Waals surface area contributed by atoms with E-state index in [1.54, 1.807) is 13.8 Å². The van der Waals surface area contributed by atoms with Gasteiger partial charge in [0.25, 0.3) is 0 Å². The lowest BCUT2D eigenvalue weighted by atomic mass is 9.92. The standard InChI is InChI=1S/C19H29FN2O3SSi/c1-14-17(7-12-27(4,5)6)15(2)19(25-26(20,23)24)16(3)18(14)13-22-10-8-21-9-11-22/h21H,8-11,13H2,1-6H3. The van der Waals surface area contributed by atoms with E-state index in [-0.39, 0.29) is 5.75 Å². The second-order valence-electron chi connectivity index (χ2n) is 8.06. The van der Waals surface area contributed by atoms with Gasteiger partial charge in [-0.15, -0.1) is 5.54 Å². The van der Waals surface area contributed by atoms with E-state index in [1.165, 1.54) is 0 Å². The fourth-order valence-electron chi connectivity index (χ4n) is 3.24. The van der Waals surface area contributed by atoms with Crippen molar-refractivity contribution >= 4 is 18.6 Å². The summed E-state index contributed by atoms with van der Waals surface area (Å²) in [5, 5.41) is 3.32. The van der Waals surface area contributed by atoms with Gasteiger partial charge in [-0.25, -0.2) is 0 Å². The lowest BCUT2D eigenvalue weighted by Gasteiger charge is -2.29. The first kappa shape index (κ1) is 21.9. The molecule has 1 aliphatic heterocycles. The Balaban J connectivity index is 2.62.